The molecule has 0 atom stereocenters. The molecule has 19 heavy (non-hydrogen) atoms. The van der Waals surface area contributed by atoms with Crippen LogP contribution in [0.1, 0.15) is 33.6 Å². The Kier molecular flexibility index (Phi) is 6.50. The van der Waals surface area contributed by atoms with E-state index in [1.165, 1.54) is 0 Å². The summed E-state index contributed by atoms with van der Waals surface area (Å²) in [7, 11) is 0. The number of anilines is 2. The summed E-state index contributed by atoms with van der Waals surface area (Å²) in [5.74, 6) is 0.717. The monoisotopic (exact) mass is 266 g/mol. The van der Waals surface area contributed by atoms with Gasteiger partial charge in [0.05, 0.1) is 18.9 Å². The highest BCUT2D eigenvalue weighted by Crippen LogP contribution is 2.29. The second-order valence-corrected chi connectivity index (χ2v) is 4.54. The molecule has 0 aliphatic carbocycles. The molecule has 108 valence electrons. The van der Waals surface area contributed by atoms with Gasteiger partial charge in [-0.2, -0.15) is 0 Å². The van der Waals surface area contributed by atoms with Crippen LogP contribution >= 0.6 is 0 Å². The normalized spacial score (nSPS) is 10.8. The van der Waals surface area contributed by atoms with Crippen molar-refractivity contribution < 1.29 is 9.84 Å². The van der Waals surface area contributed by atoms with Crippen molar-refractivity contribution in [2.45, 2.75) is 39.7 Å². The molecule has 0 aliphatic heterocycles. The highest BCUT2D eigenvalue weighted by atomic mass is 16.5. The number of aliphatic hydroxyl groups excluding tert-OH is 1. The largest absolute Gasteiger partial charge is 0.492 e. The Morgan fingerprint density at radius 2 is 1.95 bits per heavy atom. The fraction of sp³-hybridized carbons (Fsp3) is 0.600. The van der Waals surface area contributed by atoms with Crippen LogP contribution < -0.4 is 15.4 Å². The van der Waals surface area contributed by atoms with E-state index in [0.717, 1.165) is 18.5 Å². The van der Waals surface area contributed by atoms with Crippen LogP contribution in [0.2, 0.25) is 0 Å². The molecule has 0 fully saturated rings. The Morgan fingerprint density at radius 1 is 1.26 bits per heavy atom. The lowest BCUT2D eigenvalue weighted by Gasteiger charge is -2.32. The van der Waals surface area contributed by atoms with Gasteiger partial charge in [-0.1, -0.05) is 13.8 Å². The summed E-state index contributed by atoms with van der Waals surface area (Å²) < 4.78 is 5.54. The van der Waals surface area contributed by atoms with Crippen molar-refractivity contribution in [1.82, 2.24) is 0 Å². The minimum absolute atomic E-state index is 0.144. The van der Waals surface area contributed by atoms with Gasteiger partial charge >= 0.3 is 0 Å². The fourth-order valence-corrected chi connectivity index (χ4v) is 2.34. The molecule has 0 saturated heterocycles. The molecular formula is C15H26N2O2. The number of hydrogen-bond donors (Lipinski definition) is 2. The minimum atomic E-state index is 0.144. The molecule has 3 N–H and O–H groups in total. The molecule has 0 radical (unpaired) electrons. The topological polar surface area (TPSA) is 58.7 Å². The molecule has 4 nitrogen and oxygen atoms in total. The van der Waals surface area contributed by atoms with E-state index >= 15 is 0 Å². The number of nitrogens with two attached hydrogens (primary N) is 1. The predicted molar refractivity (Wildman–Crippen MR) is 80.8 cm³/mol. The third-order valence-corrected chi connectivity index (χ3v) is 3.35. The third-order valence-electron chi connectivity index (χ3n) is 3.35. The van der Waals surface area contributed by atoms with Gasteiger partial charge in [0.15, 0.2) is 0 Å². The summed E-state index contributed by atoms with van der Waals surface area (Å²) in [6.07, 6.45) is 2.09. The summed E-state index contributed by atoms with van der Waals surface area (Å²) in [6, 6.07) is 6.25. The first kappa shape index (κ1) is 15.6. The smallest absolute Gasteiger partial charge is 0.144 e. The molecule has 0 heterocycles. The Bertz CT molecular complexity index is 378. The van der Waals surface area contributed by atoms with Gasteiger partial charge in [-0.05, 0) is 31.9 Å². The van der Waals surface area contributed by atoms with Gasteiger partial charge in [-0.25, -0.2) is 0 Å². The average molecular weight is 266 g/mol. The van der Waals surface area contributed by atoms with Gasteiger partial charge in [0.2, 0.25) is 0 Å². The van der Waals surface area contributed by atoms with Crippen molar-refractivity contribution in [3.8, 4) is 5.75 Å². The van der Waals surface area contributed by atoms with Crippen LogP contribution in [0, 0.1) is 0 Å². The van der Waals surface area contributed by atoms with Gasteiger partial charge in [-0.15, -0.1) is 0 Å². The van der Waals surface area contributed by atoms with Crippen LogP contribution in [0.15, 0.2) is 18.2 Å². The van der Waals surface area contributed by atoms with Gasteiger partial charge in [0.25, 0.3) is 0 Å². The molecule has 0 saturated carbocycles. The number of hydrogen-bond acceptors (Lipinski definition) is 4. The van der Waals surface area contributed by atoms with Crippen molar-refractivity contribution in [3.05, 3.63) is 18.2 Å². The van der Waals surface area contributed by atoms with Crippen LogP contribution in [0.5, 0.6) is 5.75 Å². The summed E-state index contributed by atoms with van der Waals surface area (Å²) in [4.78, 5) is 2.22. The molecule has 0 aliphatic rings. The van der Waals surface area contributed by atoms with E-state index in [2.05, 4.69) is 18.7 Å². The maximum absolute atomic E-state index is 9.27. The maximum Gasteiger partial charge on any atom is 0.144 e. The molecule has 0 aromatic heterocycles. The molecule has 0 unspecified atom stereocenters. The fourth-order valence-electron chi connectivity index (χ4n) is 2.34. The van der Waals surface area contributed by atoms with E-state index in [1.54, 1.807) is 0 Å². The zero-order chi connectivity index (χ0) is 14.3. The van der Waals surface area contributed by atoms with E-state index in [-0.39, 0.29) is 6.61 Å². The minimum Gasteiger partial charge on any atom is -0.492 e. The Hall–Kier alpha value is -1.42. The lowest BCUT2D eigenvalue weighted by Crippen LogP contribution is -2.36. The van der Waals surface area contributed by atoms with Gasteiger partial charge in [-0.3, -0.25) is 0 Å². The predicted octanol–water partition coefficient (Wildman–Crippen LogP) is 2.65. The first-order chi connectivity index (χ1) is 9.17. The average Bonchev–Trinajstić information content (AvgIpc) is 2.42. The molecule has 0 spiro atoms. The van der Waals surface area contributed by atoms with Crippen molar-refractivity contribution in [3.63, 3.8) is 0 Å². The molecule has 0 amide bonds. The summed E-state index contributed by atoms with van der Waals surface area (Å²) in [6.45, 7) is 7.64. The van der Waals surface area contributed by atoms with Crippen molar-refractivity contribution in [1.29, 1.82) is 0 Å². The van der Waals surface area contributed by atoms with E-state index in [4.69, 9.17) is 10.5 Å². The summed E-state index contributed by atoms with van der Waals surface area (Å²) in [5.41, 5.74) is 7.61. The quantitative estimate of drug-likeness (QED) is 0.710. The second-order valence-electron chi connectivity index (χ2n) is 4.54. The third kappa shape index (κ3) is 4.03. The second kappa shape index (κ2) is 7.89. The lowest BCUT2D eigenvalue weighted by molar-refractivity contribution is 0.295. The summed E-state index contributed by atoms with van der Waals surface area (Å²) >= 11 is 0. The molecule has 1 aromatic carbocycles. The van der Waals surface area contributed by atoms with E-state index in [9.17, 15) is 5.11 Å². The lowest BCUT2D eigenvalue weighted by atomic mass is 10.1. The van der Waals surface area contributed by atoms with Crippen LogP contribution in [0.25, 0.3) is 0 Å². The number of nitrogen functional groups attached to an aromatic ring is 1. The van der Waals surface area contributed by atoms with E-state index in [1.807, 2.05) is 25.1 Å². The highest BCUT2D eigenvalue weighted by molar-refractivity contribution is 5.62. The van der Waals surface area contributed by atoms with Crippen LogP contribution in [0.3, 0.4) is 0 Å². The highest BCUT2D eigenvalue weighted by Gasteiger charge is 2.16. The Labute approximate surface area is 116 Å². The standard InChI is InChI=1S/C15H26N2O2/c1-4-12(5-2)17(9-10-18)13-7-8-14(16)15(11-13)19-6-3/h7-8,11-12,18H,4-6,9-10,16H2,1-3H3. The Balaban J connectivity index is 3.04. The van der Waals surface area contributed by atoms with Gasteiger partial charge < -0.3 is 20.5 Å². The van der Waals surface area contributed by atoms with Gasteiger partial charge in [0.1, 0.15) is 5.75 Å². The maximum atomic E-state index is 9.27. The zero-order valence-electron chi connectivity index (χ0n) is 12.2. The molecule has 1 aromatic rings. The number of aliphatic hydroxyl groups is 1. The van der Waals surface area contributed by atoms with E-state index in [0.29, 0.717) is 30.6 Å². The van der Waals surface area contributed by atoms with Crippen molar-refractivity contribution >= 4 is 11.4 Å². The Morgan fingerprint density at radius 3 is 2.47 bits per heavy atom. The first-order valence-electron chi connectivity index (χ1n) is 7.07. The molecule has 4 heteroatoms. The van der Waals surface area contributed by atoms with E-state index < -0.39 is 0 Å². The molecule has 1 rings (SSSR count). The molecular weight excluding hydrogens is 240 g/mol. The van der Waals surface area contributed by atoms with Crippen molar-refractivity contribution in [2.75, 3.05) is 30.4 Å². The number of rotatable bonds is 8. The summed E-state index contributed by atoms with van der Waals surface area (Å²) in [5, 5.41) is 9.27. The number of nitrogens with zero attached hydrogens (tertiary/aromatic N) is 1. The number of ether oxygens (including phenoxy) is 1. The first-order valence-corrected chi connectivity index (χ1v) is 7.07. The van der Waals surface area contributed by atoms with Gasteiger partial charge in [0, 0.05) is 24.3 Å². The molecule has 0 bridgehead atoms. The zero-order valence-corrected chi connectivity index (χ0v) is 12.2. The van der Waals surface area contributed by atoms with Crippen LogP contribution in [0.4, 0.5) is 11.4 Å². The number of benzene rings is 1. The SMILES string of the molecule is CCOc1cc(N(CCO)C(CC)CC)ccc1N. The van der Waals surface area contributed by atoms with Crippen molar-refractivity contribution in [2.24, 2.45) is 0 Å². The van der Waals surface area contributed by atoms with Crippen LogP contribution in [-0.2, 0) is 0 Å². The van der Waals surface area contributed by atoms with Crippen LogP contribution in [-0.4, -0.2) is 30.9 Å².